The molecular formula is C29H37ClN4O10S2. The molecular weight excluding hydrogens is 664 g/mol. The molecule has 2 aliphatic rings. The monoisotopic (exact) mass is 700 g/mol. The molecule has 14 nitrogen and oxygen atoms in total. The number of ether oxygens (including phenoxy) is 1. The number of carbonyl (C=O) groups excluding carboxylic acids is 1. The van der Waals surface area contributed by atoms with Crippen molar-refractivity contribution in [1.82, 2.24) is 14.9 Å². The molecule has 1 aliphatic heterocycles. The van der Waals surface area contributed by atoms with Gasteiger partial charge in [-0.1, -0.05) is 48.7 Å². The van der Waals surface area contributed by atoms with Crippen LogP contribution in [0.15, 0.2) is 52.3 Å². The van der Waals surface area contributed by atoms with Crippen molar-refractivity contribution in [3.8, 4) is 0 Å². The summed E-state index contributed by atoms with van der Waals surface area (Å²) in [7, 11) is -8.34. The molecule has 2 aromatic rings. The summed E-state index contributed by atoms with van der Waals surface area (Å²) in [6.07, 6.45) is 3.91. The number of carbonyl (C=O) groups is 3. The highest BCUT2D eigenvalue weighted by Crippen LogP contribution is 2.40. The van der Waals surface area contributed by atoms with E-state index in [4.69, 9.17) is 21.5 Å². The molecule has 1 aliphatic carbocycles. The first-order valence-corrected chi connectivity index (χ1v) is 18.0. The Hall–Kier alpha value is -3.12. The molecule has 6 N–H and O–H groups in total. The molecule has 252 valence electrons. The number of hydrogen-bond acceptors (Lipinski definition) is 9. The van der Waals surface area contributed by atoms with E-state index in [9.17, 15) is 41.4 Å². The third-order valence-corrected chi connectivity index (χ3v) is 11.1. The number of primary sulfonamides is 1. The van der Waals surface area contributed by atoms with Gasteiger partial charge >= 0.3 is 11.9 Å². The lowest BCUT2D eigenvalue weighted by molar-refractivity contribution is -0.151. The molecule has 5 atom stereocenters. The summed E-state index contributed by atoms with van der Waals surface area (Å²) < 4.78 is 56.8. The fraction of sp³-hybridized carbons (Fsp3) is 0.483. The van der Waals surface area contributed by atoms with E-state index >= 15 is 0 Å². The Morgan fingerprint density at radius 2 is 1.70 bits per heavy atom. The molecule has 17 heteroatoms. The van der Waals surface area contributed by atoms with Crippen LogP contribution in [-0.4, -0.2) is 80.6 Å². The number of rotatable bonds is 14. The zero-order chi connectivity index (χ0) is 33.8. The van der Waals surface area contributed by atoms with Gasteiger partial charge in [-0.3, -0.25) is 14.9 Å². The number of aliphatic carboxylic acids is 2. The molecule has 0 radical (unpaired) electrons. The van der Waals surface area contributed by atoms with Crippen LogP contribution >= 0.6 is 11.6 Å². The van der Waals surface area contributed by atoms with Crippen LogP contribution < -0.4 is 15.2 Å². The van der Waals surface area contributed by atoms with Crippen LogP contribution in [0.3, 0.4) is 0 Å². The van der Waals surface area contributed by atoms with E-state index < -0.39 is 60.9 Å². The van der Waals surface area contributed by atoms with Crippen LogP contribution in [0.4, 0.5) is 0 Å². The Kier molecular flexibility index (Phi) is 11.5. The Morgan fingerprint density at radius 1 is 1.04 bits per heavy atom. The van der Waals surface area contributed by atoms with E-state index in [1.54, 1.807) is 24.3 Å². The van der Waals surface area contributed by atoms with E-state index in [0.29, 0.717) is 17.5 Å². The first-order chi connectivity index (χ1) is 21.6. The van der Waals surface area contributed by atoms with Gasteiger partial charge in [0, 0.05) is 12.6 Å². The SMILES string of the molecule is CC(N[C@@H](COCc1ccc(CNS(=O)(=O)c2ccc(Cl)c(S(N)(=O)=O)c2)cc1)C(=O)O)C(=O)N1C2CCCCC2C[C@H]1C(=O)O. The lowest BCUT2D eigenvalue weighted by Crippen LogP contribution is -2.56. The number of carboxylic acid groups (broad SMARTS) is 2. The molecule has 1 saturated heterocycles. The van der Waals surface area contributed by atoms with Gasteiger partial charge in [0.05, 0.1) is 29.2 Å². The summed E-state index contributed by atoms with van der Waals surface area (Å²) in [5, 5.41) is 27.2. The smallest absolute Gasteiger partial charge is 0.326 e. The van der Waals surface area contributed by atoms with Gasteiger partial charge in [-0.2, -0.15) is 0 Å². The van der Waals surface area contributed by atoms with Crippen molar-refractivity contribution in [1.29, 1.82) is 0 Å². The summed E-state index contributed by atoms with van der Waals surface area (Å²) in [5.41, 5.74) is 1.24. The number of nitrogens with one attached hydrogen (secondary N) is 2. The molecule has 0 aromatic heterocycles. The van der Waals surface area contributed by atoms with Crippen molar-refractivity contribution in [2.75, 3.05) is 6.61 Å². The zero-order valence-corrected chi connectivity index (χ0v) is 27.4. The molecule has 2 aromatic carbocycles. The third-order valence-electron chi connectivity index (χ3n) is 8.31. The number of fused-ring (bicyclic) bond motifs is 1. The Labute approximate surface area is 272 Å². The molecule has 4 rings (SSSR count). The molecule has 3 unspecified atom stereocenters. The average Bonchev–Trinajstić information content (AvgIpc) is 3.39. The molecule has 46 heavy (non-hydrogen) atoms. The van der Waals surface area contributed by atoms with Gasteiger partial charge in [0.15, 0.2) is 0 Å². The molecule has 1 saturated carbocycles. The minimum atomic E-state index is -4.24. The largest absolute Gasteiger partial charge is 0.480 e. The molecule has 0 bridgehead atoms. The fourth-order valence-corrected chi connectivity index (χ4v) is 8.15. The van der Waals surface area contributed by atoms with Gasteiger partial charge in [0.1, 0.15) is 17.0 Å². The molecule has 0 spiro atoms. The first-order valence-electron chi connectivity index (χ1n) is 14.6. The number of nitrogens with two attached hydrogens (primary N) is 1. The predicted molar refractivity (Wildman–Crippen MR) is 166 cm³/mol. The van der Waals surface area contributed by atoms with Crippen molar-refractivity contribution in [2.24, 2.45) is 11.1 Å². The second-order valence-electron chi connectivity index (χ2n) is 11.5. The first kappa shape index (κ1) is 35.7. The number of benzene rings is 2. The number of likely N-dealkylation sites (tertiary alicyclic amines) is 1. The van der Waals surface area contributed by atoms with Gasteiger partial charge in [-0.25, -0.2) is 31.5 Å². The Morgan fingerprint density at radius 3 is 2.33 bits per heavy atom. The molecule has 2 fully saturated rings. The second-order valence-corrected chi connectivity index (χ2v) is 15.2. The summed E-state index contributed by atoms with van der Waals surface area (Å²) in [6.45, 7) is 1.16. The van der Waals surface area contributed by atoms with Crippen LogP contribution in [0.1, 0.15) is 50.2 Å². The minimum absolute atomic E-state index is 0.0257. The maximum absolute atomic E-state index is 13.4. The number of sulfonamides is 2. The number of carboxylic acids is 2. The normalized spacial score (nSPS) is 21.4. The molecule has 1 heterocycles. The van der Waals surface area contributed by atoms with E-state index in [-0.39, 0.29) is 41.6 Å². The van der Waals surface area contributed by atoms with Crippen molar-refractivity contribution in [3.05, 3.63) is 58.6 Å². The van der Waals surface area contributed by atoms with Gasteiger partial charge < -0.3 is 19.8 Å². The lowest BCUT2D eigenvalue weighted by atomic mass is 9.84. The van der Waals surface area contributed by atoms with Crippen molar-refractivity contribution in [2.45, 2.75) is 86.1 Å². The van der Waals surface area contributed by atoms with Gasteiger partial charge in [0.25, 0.3) is 0 Å². The fourth-order valence-electron chi connectivity index (χ4n) is 5.96. The third kappa shape index (κ3) is 8.61. The number of amides is 1. The average molecular weight is 701 g/mol. The summed E-state index contributed by atoms with van der Waals surface area (Å²) >= 11 is 5.83. The van der Waals surface area contributed by atoms with E-state index in [1.807, 2.05) is 0 Å². The van der Waals surface area contributed by atoms with Gasteiger partial charge in [0.2, 0.25) is 26.0 Å². The van der Waals surface area contributed by atoms with Crippen LogP contribution in [0.5, 0.6) is 0 Å². The van der Waals surface area contributed by atoms with Crippen molar-refractivity contribution in [3.63, 3.8) is 0 Å². The van der Waals surface area contributed by atoms with Gasteiger partial charge in [-0.15, -0.1) is 0 Å². The predicted octanol–water partition coefficient (Wildman–Crippen LogP) is 1.66. The maximum Gasteiger partial charge on any atom is 0.326 e. The number of nitrogens with zero attached hydrogens (tertiary/aromatic N) is 1. The van der Waals surface area contributed by atoms with Crippen LogP contribution in [0.2, 0.25) is 5.02 Å². The topological polar surface area (TPSA) is 222 Å². The van der Waals surface area contributed by atoms with Crippen LogP contribution in [0, 0.1) is 5.92 Å². The van der Waals surface area contributed by atoms with E-state index in [1.165, 1.54) is 11.8 Å². The van der Waals surface area contributed by atoms with Crippen molar-refractivity contribution >= 4 is 49.5 Å². The van der Waals surface area contributed by atoms with Gasteiger partial charge in [-0.05, 0) is 61.4 Å². The highest BCUT2D eigenvalue weighted by Gasteiger charge is 2.48. The Bertz CT molecular complexity index is 1670. The standard InChI is InChI=1S/C29H37ClN4O10S2/c1-17(27(35)34-24-5-3-2-4-20(24)12-25(34)29(38)39)33-23(28(36)37)16-44-15-19-8-6-18(7-9-19)14-32-46(42,43)21-10-11-22(30)26(13-21)45(31,40)41/h6-11,13,17,20,23-25,32-33H,2-5,12,14-16H2,1H3,(H,36,37)(H,38,39)(H2,31,40,41)/t17?,20?,23-,24?,25-/m0/s1. The van der Waals surface area contributed by atoms with E-state index in [2.05, 4.69) is 10.0 Å². The van der Waals surface area contributed by atoms with Crippen molar-refractivity contribution < 1.29 is 46.2 Å². The lowest BCUT2D eigenvalue weighted by Gasteiger charge is -2.35. The zero-order valence-electron chi connectivity index (χ0n) is 25.0. The van der Waals surface area contributed by atoms with Crippen LogP contribution in [-0.2, 0) is 52.3 Å². The quantitative estimate of drug-likeness (QED) is 0.191. The maximum atomic E-state index is 13.4. The summed E-state index contributed by atoms with van der Waals surface area (Å²) in [5.74, 6) is -2.60. The molecule has 1 amide bonds. The van der Waals surface area contributed by atoms with Crippen LogP contribution in [0.25, 0.3) is 0 Å². The Balaban J connectivity index is 1.29. The minimum Gasteiger partial charge on any atom is -0.480 e. The number of hydrogen-bond donors (Lipinski definition) is 5. The van der Waals surface area contributed by atoms with E-state index in [0.717, 1.165) is 43.9 Å². The highest BCUT2D eigenvalue weighted by atomic mass is 35.5. The summed E-state index contributed by atoms with van der Waals surface area (Å²) in [6, 6.07) is 6.50. The highest BCUT2D eigenvalue weighted by molar-refractivity contribution is 7.90. The number of halogens is 1. The summed E-state index contributed by atoms with van der Waals surface area (Å²) in [4.78, 5) is 37.8. The second kappa shape index (κ2) is 14.8.